The number of imidazole rings is 1. The van der Waals surface area contributed by atoms with Crippen molar-refractivity contribution in [3.05, 3.63) is 53.6 Å². The largest absolute Gasteiger partial charge is 0.338 e. The highest BCUT2D eigenvalue weighted by Gasteiger charge is 2.06. The van der Waals surface area contributed by atoms with E-state index in [0.717, 1.165) is 25.3 Å². The summed E-state index contributed by atoms with van der Waals surface area (Å²) >= 11 is 0. The zero-order chi connectivity index (χ0) is 13.7. The number of aryl methyl sites for hydroxylation is 1. The van der Waals surface area contributed by atoms with Crippen molar-refractivity contribution in [2.24, 2.45) is 12.8 Å². The first kappa shape index (κ1) is 13.8. The van der Waals surface area contributed by atoms with Gasteiger partial charge in [-0.3, -0.25) is 0 Å². The molecule has 0 spiro atoms. The van der Waals surface area contributed by atoms with E-state index in [1.54, 1.807) is 0 Å². The van der Waals surface area contributed by atoms with E-state index < -0.39 is 0 Å². The van der Waals surface area contributed by atoms with E-state index >= 15 is 0 Å². The van der Waals surface area contributed by atoms with E-state index in [-0.39, 0.29) is 0 Å². The van der Waals surface area contributed by atoms with Crippen molar-refractivity contribution in [2.75, 3.05) is 13.6 Å². The molecule has 0 saturated carbocycles. The van der Waals surface area contributed by atoms with Gasteiger partial charge < -0.3 is 15.2 Å². The summed E-state index contributed by atoms with van der Waals surface area (Å²) in [5.41, 5.74) is 8.31. The topological polar surface area (TPSA) is 47.1 Å². The summed E-state index contributed by atoms with van der Waals surface area (Å²) in [6, 6.07) is 8.36. The fraction of sp³-hybridized carbons (Fsp3) is 0.400. The second-order valence-corrected chi connectivity index (χ2v) is 4.91. The van der Waals surface area contributed by atoms with E-state index in [9.17, 15) is 0 Å². The molecular formula is C15H22N4. The lowest BCUT2D eigenvalue weighted by atomic mass is 10.1. The van der Waals surface area contributed by atoms with Gasteiger partial charge in [0.25, 0.3) is 0 Å². The van der Waals surface area contributed by atoms with E-state index in [2.05, 4.69) is 39.7 Å². The number of nitrogens with two attached hydrogens (primary N) is 1. The summed E-state index contributed by atoms with van der Waals surface area (Å²) in [7, 11) is 4.17. The highest BCUT2D eigenvalue weighted by Crippen LogP contribution is 2.10. The van der Waals surface area contributed by atoms with Crippen LogP contribution in [0.5, 0.6) is 0 Å². The molecule has 102 valence electrons. The minimum Gasteiger partial charge on any atom is -0.338 e. The van der Waals surface area contributed by atoms with Gasteiger partial charge in [0.1, 0.15) is 5.82 Å². The number of likely N-dealkylation sites (N-methyl/N-ethyl adjacent to an activating group) is 1. The fourth-order valence-electron chi connectivity index (χ4n) is 2.21. The molecule has 0 unspecified atom stereocenters. The van der Waals surface area contributed by atoms with Gasteiger partial charge in [0.05, 0.1) is 0 Å². The van der Waals surface area contributed by atoms with Crippen LogP contribution in [0, 0.1) is 0 Å². The zero-order valence-corrected chi connectivity index (χ0v) is 11.7. The maximum absolute atomic E-state index is 5.77. The molecule has 0 aliphatic heterocycles. The minimum absolute atomic E-state index is 0.601. The Morgan fingerprint density at radius 1 is 1.26 bits per heavy atom. The maximum atomic E-state index is 5.77. The first-order chi connectivity index (χ1) is 9.20. The fourth-order valence-corrected chi connectivity index (χ4v) is 2.21. The molecule has 1 aromatic carbocycles. The minimum atomic E-state index is 0.601. The molecule has 1 aromatic heterocycles. The normalized spacial score (nSPS) is 11.2. The van der Waals surface area contributed by atoms with Gasteiger partial charge in [-0.05, 0) is 18.2 Å². The summed E-state index contributed by atoms with van der Waals surface area (Å²) in [4.78, 5) is 6.65. The maximum Gasteiger partial charge on any atom is 0.109 e. The van der Waals surface area contributed by atoms with Gasteiger partial charge in [-0.15, -0.1) is 0 Å². The SMILES string of the molecule is CN(CCc1nccn1C)Cc1ccccc1CN. The van der Waals surface area contributed by atoms with Crippen LogP contribution in [0.1, 0.15) is 17.0 Å². The van der Waals surface area contributed by atoms with Crippen LogP contribution in [0.4, 0.5) is 0 Å². The third-order valence-electron chi connectivity index (χ3n) is 3.42. The Labute approximate surface area is 114 Å². The lowest BCUT2D eigenvalue weighted by molar-refractivity contribution is 0.326. The van der Waals surface area contributed by atoms with Crippen molar-refractivity contribution in [1.82, 2.24) is 14.5 Å². The molecule has 0 aliphatic carbocycles. The zero-order valence-electron chi connectivity index (χ0n) is 11.7. The third-order valence-corrected chi connectivity index (χ3v) is 3.42. The highest BCUT2D eigenvalue weighted by molar-refractivity contribution is 5.26. The Morgan fingerprint density at radius 2 is 2.00 bits per heavy atom. The number of benzene rings is 1. The molecule has 19 heavy (non-hydrogen) atoms. The van der Waals surface area contributed by atoms with Crippen molar-refractivity contribution in [1.29, 1.82) is 0 Å². The highest BCUT2D eigenvalue weighted by atomic mass is 15.1. The van der Waals surface area contributed by atoms with Crippen LogP contribution in [0.3, 0.4) is 0 Å². The number of rotatable bonds is 6. The predicted octanol–water partition coefficient (Wildman–Crippen LogP) is 1.55. The molecule has 0 bridgehead atoms. The number of nitrogens with zero attached hydrogens (tertiary/aromatic N) is 3. The molecule has 0 fully saturated rings. The smallest absolute Gasteiger partial charge is 0.109 e. The van der Waals surface area contributed by atoms with Gasteiger partial charge >= 0.3 is 0 Å². The van der Waals surface area contributed by atoms with Gasteiger partial charge in [-0.2, -0.15) is 0 Å². The van der Waals surface area contributed by atoms with Crippen molar-refractivity contribution in [3.63, 3.8) is 0 Å². The van der Waals surface area contributed by atoms with Gasteiger partial charge in [0.2, 0.25) is 0 Å². The van der Waals surface area contributed by atoms with Crippen molar-refractivity contribution < 1.29 is 0 Å². The van der Waals surface area contributed by atoms with Crippen molar-refractivity contribution in [2.45, 2.75) is 19.5 Å². The lowest BCUT2D eigenvalue weighted by Gasteiger charge is -2.18. The first-order valence-corrected chi connectivity index (χ1v) is 6.62. The Bertz CT molecular complexity index is 518. The monoisotopic (exact) mass is 258 g/mol. The van der Waals surface area contributed by atoms with E-state index in [0.29, 0.717) is 6.54 Å². The standard InChI is InChI=1S/C15H22N4/c1-18(9-7-15-17-8-10-19(15)2)12-14-6-4-3-5-13(14)11-16/h3-6,8,10H,7,9,11-12,16H2,1-2H3. The summed E-state index contributed by atoms with van der Waals surface area (Å²) in [5.74, 6) is 1.12. The number of hydrogen-bond donors (Lipinski definition) is 1. The molecule has 0 saturated heterocycles. The van der Waals surface area contributed by atoms with Crippen molar-refractivity contribution >= 4 is 0 Å². The molecule has 0 atom stereocenters. The Kier molecular flexibility index (Phi) is 4.71. The first-order valence-electron chi connectivity index (χ1n) is 6.62. The molecule has 2 rings (SSSR count). The Hall–Kier alpha value is -1.65. The molecule has 0 amide bonds. The molecule has 2 N–H and O–H groups in total. The molecule has 4 nitrogen and oxygen atoms in total. The summed E-state index contributed by atoms with van der Waals surface area (Å²) in [6.45, 7) is 2.52. The van der Waals surface area contributed by atoms with E-state index in [1.807, 2.05) is 25.5 Å². The Morgan fingerprint density at radius 3 is 2.63 bits per heavy atom. The van der Waals surface area contributed by atoms with Crippen LogP contribution in [0.15, 0.2) is 36.7 Å². The molecule has 4 heteroatoms. The number of aromatic nitrogens is 2. The lowest BCUT2D eigenvalue weighted by Crippen LogP contribution is -2.22. The Balaban J connectivity index is 1.90. The van der Waals surface area contributed by atoms with Crippen LogP contribution in [-0.4, -0.2) is 28.0 Å². The quantitative estimate of drug-likeness (QED) is 0.855. The van der Waals surface area contributed by atoms with Crippen LogP contribution in [-0.2, 0) is 26.6 Å². The molecular weight excluding hydrogens is 236 g/mol. The van der Waals surface area contributed by atoms with Crippen LogP contribution < -0.4 is 5.73 Å². The average molecular weight is 258 g/mol. The molecule has 1 heterocycles. The second-order valence-electron chi connectivity index (χ2n) is 4.91. The van der Waals surface area contributed by atoms with Crippen LogP contribution in [0.25, 0.3) is 0 Å². The van der Waals surface area contributed by atoms with Crippen LogP contribution >= 0.6 is 0 Å². The summed E-state index contributed by atoms with van der Waals surface area (Å²) in [5, 5.41) is 0. The second kappa shape index (κ2) is 6.50. The van der Waals surface area contributed by atoms with Crippen molar-refractivity contribution in [3.8, 4) is 0 Å². The van der Waals surface area contributed by atoms with E-state index in [1.165, 1.54) is 11.1 Å². The van der Waals surface area contributed by atoms with Gasteiger partial charge in [-0.25, -0.2) is 4.98 Å². The molecule has 2 aromatic rings. The third kappa shape index (κ3) is 3.66. The number of hydrogen-bond acceptors (Lipinski definition) is 3. The summed E-state index contributed by atoms with van der Waals surface area (Å²) in [6.07, 6.45) is 4.79. The summed E-state index contributed by atoms with van der Waals surface area (Å²) < 4.78 is 2.07. The molecule has 0 radical (unpaired) electrons. The van der Waals surface area contributed by atoms with Gasteiger partial charge in [-0.1, -0.05) is 24.3 Å². The van der Waals surface area contributed by atoms with Gasteiger partial charge in [0.15, 0.2) is 0 Å². The van der Waals surface area contributed by atoms with Crippen LogP contribution in [0.2, 0.25) is 0 Å². The predicted molar refractivity (Wildman–Crippen MR) is 77.6 cm³/mol. The van der Waals surface area contributed by atoms with E-state index in [4.69, 9.17) is 5.73 Å². The van der Waals surface area contributed by atoms with Gasteiger partial charge in [0, 0.05) is 45.5 Å². The average Bonchev–Trinajstić information content (AvgIpc) is 2.82. The molecule has 0 aliphatic rings.